The molecule has 0 spiro atoms. The van der Waals surface area contributed by atoms with Crippen LogP contribution in [0.25, 0.3) is 11.3 Å². The minimum absolute atomic E-state index is 0.197. The first kappa shape index (κ1) is 15.1. The number of carbonyl (C=O) groups is 1. The molecule has 1 amide bonds. The van der Waals surface area contributed by atoms with Gasteiger partial charge in [0.15, 0.2) is 0 Å². The molecule has 1 aromatic heterocycles. The minimum Gasteiger partial charge on any atom is -0.381 e. The number of hydrogen-bond acceptors (Lipinski definition) is 4. The first-order valence-corrected chi connectivity index (χ1v) is 7.56. The molecule has 2 heterocycles. The second kappa shape index (κ2) is 6.10. The SMILES string of the molecule is CC1(NC(=O)c2cc(-c3cccc(Cl)c3)no2)CCOCC1. The third-order valence-corrected chi connectivity index (χ3v) is 4.10. The maximum Gasteiger partial charge on any atom is 0.290 e. The van der Waals surface area contributed by atoms with Gasteiger partial charge in [-0.15, -0.1) is 0 Å². The average Bonchev–Trinajstić information content (AvgIpc) is 2.97. The van der Waals surface area contributed by atoms with Gasteiger partial charge in [0.2, 0.25) is 5.76 Å². The van der Waals surface area contributed by atoms with Gasteiger partial charge in [0.05, 0.1) is 0 Å². The Morgan fingerprint density at radius 1 is 1.32 bits per heavy atom. The Morgan fingerprint density at radius 2 is 2.09 bits per heavy atom. The van der Waals surface area contributed by atoms with E-state index in [2.05, 4.69) is 10.5 Å². The number of amides is 1. The second-order valence-corrected chi connectivity index (χ2v) is 6.15. The van der Waals surface area contributed by atoms with Crippen LogP contribution in [0.2, 0.25) is 5.02 Å². The standard InChI is InChI=1S/C16H17ClN2O3/c1-16(5-7-21-8-6-16)18-15(20)14-10-13(19-22-14)11-3-2-4-12(17)9-11/h2-4,9-10H,5-8H2,1H3,(H,18,20). The van der Waals surface area contributed by atoms with Crippen molar-refractivity contribution in [2.24, 2.45) is 0 Å². The molecule has 0 aliphatic carbocycles. The number of aromatic nitrogens is 1. The first-order chi connectivity index (χ1) is 10.6. The van der Waals surface area contributed by atoms with Gasteiger partial charge in [0.1, 0.15) is 5.69 Å². The van der Waals surface area contributed by atoms with Crippen molar-refractivity contribution in [2.75, 3.05) is 13.2 Å². The maximum absolute atomic E-state index is 12.3. The number of ether oxygens (including phenoxy) is 1. The Hall–Kier alpha value is -1.85. The fourth-order valence-corrected chi connectivity index (χ4v) is 2.64. The van der Waals surface area contributed by atoms with Crippen molar-refractivity contribution < 1.29 is 14.1 Å². The van der Waals surface area contributed by atoms with Crippen LogP contribution in [-0.4, -0.2) is 29.8 Å². The van der Waals surface area contributed by atoms with E-state index in [0.29, 0.717) is 23.9 Å². The van der Waals surface area contributed by atoms with Crippen molar-refractivity contribution >= 4 is 17.5 Å². The van der Waals surface area contributed by atoms with Gasteiger partial charge >= 0.3 is 0 Å². The molecular weight excluding hydrogens is 304 g/mol. The largest absolute Gasteiger partial charge is 0.381 e. The van der Waals surface area contributed by atoms with Crippen molar-refractivity contribution in [3.8, 4) is 11.3 Å². The highest BCUT2D eigenvalue weighted by atomic mass is 35.5. The molecule has 1 aromatic carbocycles. The third kappa shape index (κ3) is 3.31. The van der Waals surface area contributed by atoms with Crippen LogP contribution in [0.4, 0.5) is 0 Å². The fraction of sp³-hybridized carbons (Fsp3) is 0.375. The van der Waals surface area contributed by atoms with Gasteiger partial charge in [-0.2, -0.15) is 0 Å². The Bertz CT molecular complexity index is 678. The van der Waals surface area contributed by atoms with Gasteiger partial charge in [0, 0.05) is 35.4 Å². The second-order valence-electron chi connectivity index (χ2n) is 5.71. The molecule has 2 aromatic rings. The summed E-state index contributed by atoms with van der Waals surface area (Å²) < 4.78 is 10.5. The maximum atomic E-state index is 12.3. The molecule has 1 aliphatic heterocycles. The van der Waals surface area contributed by atoms with Crippen molar-refractivity contribution in [3.63, 3.8) is 0 Å². The summed E-state index contributed by atoms with van der Waals surface area (Å²) in [5.41, 5.74) is 1.13. The number of nitrogens with one attached hydrogen (secondary N) is 1. The zero-order valence-electron chi connectivity index (χ0n) is 12.3. The number of rotatable bonds is 3. The van der Waals surface area contributed by atoms with Crippen LogP contribution in [0.15, 0.2) is 34.9 Å². The smallest absolute Gasteiger partial charge is 0.290 e. The van der Waals surface area contributed by atoms with E-state index in [0.717, 1.165) is 18.4 Å². The normalized spacial score (nSPS) is 17.2. The molecule has 6 heteroatoms. The van der Waals surface area contributed by atoms with Gasteiger partial charge in [-0.05, 0) is 31.9 Å². The van der Waals surface area contributed by atoms with Crippen LogP contribution >= 0.6 is 11.6 Å². The number of benzene rings is 1. The zero-order chi connectivity index (χ0) is 15.6. The summed E-state index contributed by atoms with van der Waals surface area (Å²) in [6.45, 7) is 3.32. The summed E-state index contributed by atoms with van der Waals surface area (Å²) in [6.07, 6.45) is 1.57. The van der Waals surface area contributed by atoms with Crippen LogP contribution in [0.1, 0.15) is 30.3 Å². The van der Waals surface area contributed by atoms with E-state index in [4.69, 9.17) is 20.9 Å². The molecule has 116 valence electrons. The Kier molecular flexibility index (Phi) is 4.18. The topological polar surface area (TPSA) is 64.4 Å². The van der Waals surface area contributed by atoms with Gasteiger partial charge in [-0.25, -0.2) is 0 Å². The highest BCUT2D eigenvalue weighted by molar-refractivity contribution is 6.30. The molecule has 1 saturated heterocycles. The number of halogens is 1. The van der Waals surface area contributed by atoms with Crippen molar-refractivity contribution in [2.45, 2.75) is 25.3 Å². The molecule has 0 atom stereocenters. The monoisotopic (exact) mass is 320 g/mol. The molecular formula is C16H17ClN2O3. The Balaban J connectivity index is 1.74. The first-order valence-electron chi connectivity index (χ1n) is 7.19. The molecule has 1 fully saturated rings. The highest BCUT2D eigenvalue weighted by Gasteiger charge is 2.30. The fourth-order valence-electron chi connectivity index (χ4n) is 2.45. The predicted octanol–water partition coefficient (Wildman–Crippen LogP) is 3.29. The van der Waals surface area contributed by atoms with E-state index in [-0.39, 0.29) is 17.2 Å². The molecule has 0 bridgehead atoms. The van der Waals surface area contributed by atoms with E-state index in [1.807, 2.05) is 19.1 Å². The molecule has 5 nitrogen and oxygen atoms in total. The van der Waals surface area contributed by atoms with E-state index < -0.39 is 0 Å². The molecule has 1 aliphatic rings. The highest BCUT2D eigenvalue weighted by Crippen LogP contribution is 2.24. The van der Waals surface area contributed by atoms with Crippen LogP contribution < -0.4 is 5.32 Å². The lowest BCUT2D eigenvalue weighted by Crippen LogP contribution is -2.49. The van der Waals surface area contributed by atoms with Gasteiger partial charge in [-0.1, -0.05) is 28.9 Å². The van der Waals surface area contributed by atoms with Crippen molar-refractivity contribution in [3.05, 3.63) is 41.1 Å². The Morgan fingerprint density at radius 3 is 2.82 bits per heavy atom. The number of nitrogens with zero attached hydrogens (tertiary/aromatic N) is 1. The molecule has 3 rings (SSSR count). The molecule has 1 N–H and O–H groups in total. The summed E-state index contributed by atoms with van der Waals surface area (Å²) in [7, 11) is 0. The van der Waals surface area contributed by atoms with Gasteiger partial charge in [0.25, 0.3) is 5.91 Å². The minimum atomic E-state index is -0.266. The number of hydrogen-bond donors (Lipinski definition) is 1. The van der Waals surface area contributed by atoms with Gasteiger partial charge < -0.3 is 14.6 Å². The van der Waals surface area contributed by atoms with E-state index in [9.17, 15) is 4.79 Å². The molecule has 0 saturated carbocycles. The van der Waals surface area contributed by atoms with Crippen LogP contribution in [0.3, 0.4) is 0 Å². The lowest BCUT2D eigenvalue weighted by molar-refractivity contribution is 0.0412. The quantitative estimate of drug-likeness (QED) is 0.942. The lowest BCUT2D eigenvalue weighted by Gasteiger charge is -2.33. The van der Waals surface area contributed by atoms with Crippen LogP contribution in [-0.2, 0) is 4.74 Å². The summed E-state index contributed by atoms with van der Waals surface area (Å²) in [5.74, 6) is -0.0622. The predicted molar refractivity (Wildman–Crippen MR) is 82.9 cm³/mol. The molecule has 22 heavy (non-hydrogen) atoms. The summed E-state index contributed by atoms with van der Waals surface area (Å²) >= 11 is 5.96. The third-order valence-electron chi connectivity index (χ3n) is 3.87. The number of carbonyl (C=O) groups excluding carboxylic acids is 1. The van der Waals surface area contributed by atoms with E-state index >= 15 is 0 Å². The van der Waals surface area contributed by atoms with Crippen LogP contribution in [0.5, 0.6) is 0 Å². The van der Waals surface area contributed by atoms with E-state index in [1.165, 1.54) is 0 Å². The van der Waals surface area contributed by atoms with Crippen molar-refractivity contribution in [1.82, 2.24) is 10.5 Å². The molecule has 0 unspecified atom stereocenters. The van der Waals surface area contributed by atoms with Crippen molar-refractivity contribution in [1.29, 1.82) is 0 Å². The molecule has 0 radical (unpaired) electrons. The lowest BCUT2D eigenvalue weighted by atomic mass is 9.92. The average molecular weight is 321 g/mol. The Labute approximate surface area is 133 Å². The van der Waals surface area contributed by atoms with E-state index in [1.54, 1.807) is 18.2 Å². The summed E-state index contributed by atoms with van der Waals surface area (Å²) in [4.78, 5) is 12.3. The summed E-state index contributed by atoms with van der Waals surface area (Å²) in [5, 5.41) is 7.57. The van der Waals surface area contributed by atoms with Crippen LogP contribution in [0, 0.1) is 0 Å². The zero-order valence-corrected chi connectivity index (χ0v) is 13.0. The summed E-state index contributed by atoms with van der Waals surface area (Å²) in [6, 6.07) is 8.88. The van der Waals surface area contributed by atoms with Gasteiger partial charge in [-0.3, -0.25) is 4.79 Å².